The number of halogens is 1. The van der Waals surface area contributed by atoms with Crippen molar-refractivity contribution >= 4 is 28.7 Å². The first-order chi connectivity index (χ1) is 17.1. The minimum absolute atomic E-state index is 0.178. The number of esters is 1. The number of nitrogens with zero attached hydrogens (tertiary/aromatic N) is 2. The molecule has 192 valence electrons. The van der Waals surface area contributed by atoms with Crippen molar-refractivity contribution in [3.05, 3.63) is 65.5 Å². The van der Waals surface area contributed by atoms with Gasteiger partial charge in [0, 0.05) is 13.1 Å². The Labute approximate surface area is 210 Å². The Kier molecular flexibility index (Phi) is 8.79. The average Bonchev–Trinajstić information content (AvgIpc) is 3.23. The number of alkyl halides is 1. The Hall–Kier alpha value is -3.75. The standard InChI is InChI=1S/C27H34FN5O3/c1-5-33-22-15-9-8-13-20(22)31-24(33)21(14-10-16-30-23(29)17-28)32-25(34)18-11-6-7-12-19(18)26(35)36-27(2,3)4/h6-9,11-13,15,21H,5,10,14,16-17H2,1-4H3,(H2,29,30)(H,32,34). The van der Waals surface area contributed by atoms with E-state index in [1.54, 1.807) is 45.0 Å². The zero-order chi connectivity index (χ0) is 26.3. The molecule has 1 unspecified atom stereocenters. The van der Waals surface area contributed by atoms with Crippen LogP contribution < -0.4 is 10.6 Å². The minimum Gasteiger partial charge on any atom is -0.456 e. The van der Waals surface area contributed by atoms with E-state index in [1.165, 1.54) is 0 Å². The molecule has 0 saturated heterocycles. The number of amides is 1. The van der Waals surface area contributed by atoms with Crippen molar-refractivity contribution in [3.63, 3.8) is 0 Å². The summed E-state index contributed by atoms with van der Waals surface area (Å²) in [5, 5.41) is 13.3. The first-order valence-corrected chi connectivity index (χ1v) is 12.1. The first-order valence-electron chi connectivity index (χ1n) is 12.1. The zero-order valence-corrected chi connectivity index (χ0v) is 21.2. The largest absolute Gasteiger partial charge is 0.456 e. The number of para-hydroxylation sites is 2. The molecule has 0 spiro atoms. The van der Waals surface area contributed by atoms with E-state index in [1.807, 2.05) is 31.2 Å². The van der Waals surface area contributed by atoms with Crippen LogP contribution in [-0.4, -0.2) is 46.1 Å². The molecule has 0 radical (unpaired) electrons. The number of fused-ring (bicyclic) bond motifs is 1. The van der Waals surface area contributed by atoms with Crippen molar-refractivity contribution in [2.24, 2.45) is 0 Å². The molecule has 2 aromatic carbocycles. The van der Waals surface area contributed by atoms with Gasteiger partial charge in [0.05, 0.1) is 28.2 Å². The van der Waals surface area contributed by atoms with Gasteiger partial charge in [-0.25, -0.2) is 14.2 Å². The molecule has 3 rings (SSSR count). The third-order valence-electron chi connectivity index (χ3n) is 5.55. The summed E-state index contributed by atoms with van der Waals surface area (Å²) in [6.07, 6.45) is 1.06. The van der Waals surface area contributed by atoms with Crippen LogP contribution in [0.2, 0.25) is 0 Å². The monoisotopic (exact) mass is 495 g/mol. The zero-order valence-electron chi connectivity index (χ0n) is 21.2. The number of carbonyl (C=O) groups is 2. The molecule has 1 atom stereocenters. The fourth-order valence-corrected chi connectivity index (χ4v) is 3.98. The number of hydrogen-bond donors (Lipinski definition) is 3. The summed E-state index contributed by atoms with van der Waals surface area (Å²) in [4.78, 5) is 31.1. The minimum atomic E-state index is -0.854. The van der Waals surface area contributed by atoms with E-state index in [2.05, 4.69) is 15.2 Å². The topological polar surface area (TPSA) is 109 Å². The molecule has 0 bridgehead atoms. The van der Waals surface area contributed by atoms with E-state index in [0.29, 0.717) is 31.8 Å². The van der Waals surface area contributed by atoms with E-state index in [-0.39, 0.29) is 17.0 Å². The van der Waals surface area contributed by atoms with Gasteiger partial charge in [0.2, 0.25) is 0 Å². The SMILES string of the molecule is CCn1c(C(CCCNC(=N)CF)NC(=O)c2ccccc2C(=O)OC(C)(C)C)nc2ccccc21. The Morgan fingerprint density at radius 1 is 1.11 bits per heavy atom. The summed E-state index contributed by atoms with van der Waals surface area (Å²) >= 11 is 0. The van der Waals surface area contributed by atoms with Gasteiger partial charge in [-0.3, -0.25) is 10.2 Å². The molecule has 3 aromatic rings. The summed E-state index contributed by atoms with van der Waals surface area (Å²) in [6.45, 7) is 7.52. The van der Waals surface area contributed by atoms with Gasteiger partial charge in [0.15, 0.2) is 0 Å². The van der Waals surface area contributed by atoms with Crippen LogP contribution in [-0.2, 0) is 11.3 Å². The molecule has 0 aliphatic carbocycles. The van der Waals surface area contributed by atoms with Crippen LogP contribution in [0.3, 0.4) is 0 Å². The van der Waals surface area contributed by atoms with Crippen molar-refractivity contribution in [1.29, 1.82) is 5.41 Å². The normalized spacial score (nSPS) is 12.2. The van der Waals surface area contributed by atoms with Gasteiger partial charge < -0.3 is 19.9 Å². The van der Waals surface area contributed by atoms with Crippen molar-refractivity contribution in [2.45, 2.75) is 58.7 Å². The smallest absolute Gasteiger partial charge is 0.339 e. The molecule has 36 heavy (non-hydrogen) atoms. The quantitative estimate of drug-likeness (QED) is 0.162. The number of carbonyl (C=O) groups excluding carboxylic acids is 2. The number of amidine groups is 1. The molecular weight excluding hydrogens is 461 g/mol. The molecular formula is C27H34FN5O3. The second kappa shape index (κ2) is 11.8. The molecule has 8 nitrogen and oxygen atoms in total. The second-order valence-electron chi connectivity index (χ2n) is 9.46. The Bertz CT molecular complexity index is 1230. The fraction of sp³-hybridized carbons (Fsp3) is 0.407. The molecule has 0 saturated carbocycles. The summed E-state index contributed by atoms with van der Waals surface area (Å²) in [5.41, 5.74) is 1.48. The maximum absolute atomic E-state index is 13.5. The highest BCUT2D eigenvalue weighted by molar-refractivity contribution is 6.05. The Morgan fingerprint density at radius 2 is 1.78 bits per heavy atom. The second-order valence-corrected chi connectivity index (χ2v) is 9.46. The molecule has 1 amide bonds. The summed E-state index contributed by atoms with van der Waals surface area (Å²) < 4.78 is 20.2. The average molecular weight is 496 g/mol. The first kappa shape index (κ1) is 26.8. The van der Waals surface area contributed by atoms with Gasteiger partial charge >= 0.3 is 5.97 Å². The Balaban J connectivity index is 1.91. The van der Waals surface area contributed by atoms with Crippen LogP contribution >= 0.6 is 0 Å². The number of aromatic nitrogens is 2. The molecule has 1 aromatic heterocycles. The van der Waals surface area contributed by atoms with Gasteiger partial charge in [0.25, 0.3) is 5.91 Å². The number of hydrogen-bond acceptors (Lipinski definition) is 5. The third kappa shape index (κ3) is 6.68. The predicted molar refractivity (Wildman–Crippen MR) is 138 cm³/mol. The molecule has 1 heterocycles. The van der Waals surface area contributed by atoms with Gasteiger partial charge in [-0.2, -0.15) is 0 Å². The van der Waals surface area contributed by atoms with Crippen LogP contribution in [0, 0.1) is 5.41 Å². The van der Waals surface area contributed by atoms with E-state index < -0.39 is 30.2 Å². The van der Waals surface area contributed by atoms with Crippen molar-refractivity contribution < 1.29 is 18.7 Å². The number of benzene rings is 2. The van der Waals surface area contributed by atoms with Gasteiger partial charge in [-0.05, 0) is 64.8 Å². The molecule has 9 heteroatoms. The lowest BCUT2D eigenvalue weighted by Gasteiger charge is -2.22. The van der Waals surface area contributed by atoms with Crippen LogP contribution in [0.5, 0.6) is 0 Å². The van der Waals surface area contributed by atoms with E-state index in [0.717, 1.165) is 11.0 Å². The number of ether oxygens (including phenoxy) is 1. The molecule has 0 aliphatic rings. The summed E-state index contributed by atoms with van der Waals surface area (Å²) in [6, 6.07) is 13.8. The van der Waals surface area contributed by atoms with Crippen LogP contribution in [0.25, 0.3) is 11.0 Å². The van der Waals surface area contributed by atoms with Crippen molar-refractivity contribution in [1.82, 2.24) is 20.2 Å². The molecule has 3 N–H and O–H groups in total. The van der Waals surface area contributed by atoms with Crippen LogP contribution in [0.4, 0.5) is 4.39 Å². The van der Waals surface area contributed by atoms with Gasteiger partial charge in [-0.15, -0.1) is 0 Å². The van der Waals surface area contributed by atoms with E-state index in [9.17, 15) is 14.0 Å². The molecule has 0 fully saturated rings. The number of rotatable bonds is 10. The van der Waals surface area contributed by atoms with Crippen molar-refractivity contribution in [3.8, 4) is 0 Å². The molecule has 0 aliphatic heterocycles. The number of nitrogens with one attached hydrogen (secondary N) is 3. The highest BCUT2D eigenvalue weighted by atomic mass is 19.1. The lowest BCUT2D eigenvalue weighted by molar-refractivity contribution is 0.00674. The maximum atomic E-state index is 13.5. The van der Waals surface area contributed by atoms with Crippen molar-refractivity contribution in [2.75, 3.05) is 13.2 Å². The maximum Gasteiger partial charge on any atom is 0.339 e. The van der Waals surface area contributed by atoms with Gasteiger partial charge in [0.1, 0.15) is 23.9 Å². The predicted octanol–water partition coefficient (Wildman–Crippen LogP) is 4.80. The van der Waals surface area contributed by atoms with Crippen LogP contribution in [0.15, 0.2) is 48.5 Å². The van der Waals surface area contributed by atoms with E-state index in [4.69, 9.17) is 15.1 Å². The lowest BCUT2D eigenvalue weighted by atomic mass is 10.0. The Morgan fingerprint density at radius 3 is 2.44 bits per heavy atom. The summed E-state index contributed by atoms with van der Waals surface area (Å²) in [7, 11) is 0. The van der Waals surface area contributed by atoms with Gasteiger partial charge in [-0.1, -0.05) is 24.3 Å². The number of aryl methyl sites for hydroxylation is 1. The fourth-order valence-electron chi connectivity index (χ4n) is 3.98. The highest BCUT2D eigenvalue weighted by Gasteiger charge is 2.26. The van der Waals surface area contributed by atoms with Crippen LogP contribution in [0.1, 0.15) is 73.1 Å². The third-order valence-corrected chi connectivity index (χ3v) is 5.55. The highest BCUT2D eigenvalue weighted by Crippen LogP contribution is 2.25. The lowest BCUT2D eigenvalue weighted by Crippen LogP contribution is -2.33. The summed E-state index contributed by atoms with van der Waals surface area (Å²) in [5.74, 6) is -0.467. The van der Waals surface area contributed by atoms with E-state index >= 15 is 0 Å². The number of imidazole rings is 1.